The summed E-state index contributed by atoms with van der Waals surface area (Å²) in [6, 6.07) is 4.20. The molecule has 2 rings (SSSR count). The Hall–Kier alpha value is -1.13. The van der Waals surface area contributed by atoms with Crippen molar-refractivity contribution in [3.63, 3.8) is 0 Å². The van der Waals surface area contributed by atoms with E-state index >= 15 is 0 Å². The van der Waals surface area contributed by atoms with Gasteiger partial charge in [-0.3, -0.25) is 4.79 Å². The SMILES string of the molecule is Cc1cc(F)ccc1C(=O)NCC(N)C1CC1.Cl. The minimum Gasteiger partial charge on any atom is -0.350 e. The van der Waals surface area contributed by atoms with Crippen LogP contribution in [0.4, 0.5) is 4.39 Å². The lowest BCUT2D eigenvalue weighted by atomic mass is 10.1. The number of nitrogens with one attached hydrogen (secondary N) is 1. The Balaban J connectivity index is 0.00000162. The van der Waals surface area contributed by atoms with E-state index in [1.54, 1.807) is 6.92 Å². The van der Waals surface area contributed by atoms with E-state index in [-0.39, 0.29) is 30.2 Å². The molecule has 0 heterocycles. The number of aryl methyl sites for hydroxylation is 1. The number of amides is 1. The summed E-state index contributed by atoms with van der Waals surface area (Å²) in [7, 11) is 0. The largest absolute Gasteiger partial charge is 0.350 e. The van der Waals surface area contributed by atoms with E-state index in [4.69, 9.17) is 5.73 Å². The number of hydrogen-bond acceptors (Lipinski definition) is 2. The zero-order valence-corrected chi connectivity index (χ0v) is 11.1. The molecule has 5 heteroatoms. The number of nitrogens with two attached hydrogens (primary N) is 1. The molecule has 1 fully saturated rings. The maximum Gasteiger partial charge on any atom is 0.251 e. The summed E-state index contributed by atoms with van der Waals surface area (Å²) in [5.41, 5.74) is 7.04. The second kappa shape index (κ2) is 6.16. The van der Waals surface area contributed by atoms with Gasteiger partial charge in [0.1, 0.15) is 5.82 Å². The molecule has 1 aromatic rings. The van der Waals surface area contributed by atoms with Crippen molar-refractivity contribution in [3.8, 4) is 0 Å². The molecule has 0 aromatic heterocycles. The lowest BCUT2D eigenvalue weighted by Crippen LogP contribution is -2.38. The van der Waals surface area contributed by atoms with Crippen molar-refractivity contribution in [2.45, 2.75) is 25.8 Å². The predicted octanol–water partition coefficient (Wildman–Crippen LogP) is 2.02. The van der Waals surface area contributed by atoms with Crippen molar-refractivity contribution in [1.82, 2.24) is 5.32 Å². The maximum atomic E-state index is 12.9. The van der Waals surface area contributed by atoms with E-state index in [0.717, 1.165) is 12.8 Å². The summed E-state index contributed by atoms with van der Waals surface area (Å²) in [6.07, 6.45) is 2.32. The van der Waals surface area contributed by atoms with Crippen LogP contribution < -0.4 is 11.1 Å². The van der Waals surface area contributed by atoms with E-state index < -0.39 is 0 Å². The first-order chi connectivity index (χ1) is 8.08. The summed E-state index contributed by atoms with van der Waals surface area (Å²) in [5, 5.41) is 2.79. The van der Waals surface area contributed by atoms with E-state index in [2.05, 4.69) is 5.32 Å². The van der Waals surface area contributed by atoms with Crippen LogP contribution in [0.1, 0.15) is 28.8 Å². The Morgan fingerprint density at radius 3 is 2.78 bits per heavy atom. The molecule has 0 spiro atoms. The van der Waals surface area contributed by atoms with Crippen LogP contribution in [0.15, 0.2) is 18.2 Å². The molecular weight excluding hydrogens is 255 g/mol. The van der Waals surface area contributed by atoms with Gasteiger partial charge in [-0.25, -0.2) is 4.39 Å². The molecule has 0 saturated heterocycles. The van der Waals surface area contributed by atoms with Crippen molar-refractivity contribution in [2.24, 2.45) is 11.7 Å². The highest BCUT2D eigenvalue weighted by molar-refractivity contribution is 5.95. The topological polar surface area (TPSA) is 55.1 Å². The fourth-order valence-electron chi connectivity index (χ4n) is 1.88. The van der Waals surface area contributed by atoms with E-state index in [1.165, 1.54) is 18.2 Å². The van der Waals surface area contributed by atoms with Gasteiger partial charge in [-0.15, -0.1) is 12.4 Å². The number of carbonyl (C=O) groups excluding carboxylic acids is 1. The Labute approximate surface area is 112 Å². The maximum absolute atomic E-state index is 12.9. The van der Waals surface area contributed by atoms with Gasteiger partial charge < -0.3 is 11.1 Å². The third-order valence-electron chi connectivity index (χ3n) is 3.16. The van der Waals surface area contributed by atoms with Gasteiger partial charge in [-0.2, -0.15) is 0 Å². The average molecular weight is 273 g/mol. The second-order valence-electron chi connectivity index (χ2n) is 4.67. The molecule has 1 amide bonds. The van der Waals surface area contributed by atoms with Crippen LogP contribution in [0.2, 0.25) is 0 Å². The van der Waals surface area contributed by atoms with Crippen molar-refractivity contribution in [2.75, 3.05) is 6.54 Å². The molecule has 18 heavy (non-hydrogen) atoms. The first-order valence-electron chi connectivity index (χ1n) is 5.88. The molecule has 1 atom stereocenters. The van der Waals surface area contributed by atoms with Crippen LogP contribution in [-0.4, -0.2) is 18.5 Å². The Morgan fingerprint density at radius 1 is 1.56 bits per heavy atom. The van der Waals surface area contributed by atoms with Crippen LogP contribution in [0.25, 0.3) is 0 Å². The molecule has 0 aliphatic heterocycles. The number of rotatable bonds is 4. The number of hydrogen-bond donors (Lipinski definition) is 2. The van der Waals surface area contributed by atoms with Crippen LogP contribution >= 0.6 is 12.4 Å². The standard InChI is InChI=1S/C13H17FN2O.ClH/c1-8-6-10(14)4-5-11(8)13(17)16-7-12(15)9-2-3-9;/h4-6,9,12H,2-3,7,15H2,1H3,(H,16,17);1H. The van der Waals surface area contributed by atoms with Gasteiger partial charge >= 0.3 is 0 Å². The van der Waals surface area contributed by atoms with Gasteiger partial charge in [0.05, 0.1) is 0 Å². The molecular formula is C13H18ClFN2O. The third kappa shape index (κ3) is 3.68. The molecule has 0 bridgehead atoms. The fourth-order valence-corrected chi connectivity index (χ4v) is 1.88. The summed E-state index contributed by atoms with van der Waals surface area (Å²) >= 11 is 0. The van der Waals surface area contributed by atoms with Crippen LogP contribution in [0.3, 0.4) is 0 Å². The molecule has 1 unspecified atom stereocenters. The number of carbonyl (C=O) groups is 1. The van der Waals surface area contributed by atoms with Gasteiger partial charge in [0, 0.05) is 18.2 Å². The van der Waals surface area contributed by atoms with E-state index in [0.29, 0.717) is 23.6 Å². The highest BCUT2D eigenvalue weighted by atomic mass is 35.5. The lowest BCUT2D eigenvalue weighted by Gasteiger charge is -2.12. The van der Waals surface area contributed by atoms with Gasteiger partial charge in [0.2, 0.25) is 0 Å². The van der Waals surface area contributed by atoms with Crippen molar-refractivity contribution >= 4 is 18.3 Å². The second-order valence-corrected chi connectivity index (χ2v) is 4.67. The van der Waals surface area contributed by atoms with Crippen molar-refractivity contribution in [1.29, 1.82) is 0 Å². The van der Waals surface area contributed by atoms with Crippen molar-refractivity contribution in [3.05, 3.63) is 35.1 Å². The molecule has 0 radical (unpaired) electrons. The fraction of sp³-hybridized carbons (Fsp3) is 0.462. The zero-order chi connectivity index (χ0) is 12.4. The summed E-state index contributed by atoms with van der Waals surface area (Å²) < 4.78 is 12.9. The van der Waals surface area contributed by atoms with E-state index in [9.17, 15) is 9.18 Å². The predicted molar refractivity (Wildman–Crippen MR) is 71.4 cm³/mol. The minimum atomic E-state index is -0.325. The Kier molecular flexibility index (Phi) is 5.11. The van der Waals surface area contributed by atoms with Gasteiger partial charge in [0.25, 0.3) is 5.91 Å². The van der Waals surface area contributed by atoms with Gasteiger partial charge in [0.15, 0.2) is 0 Å². The Bertz CT molecular complexity index is 435. The lowest BCUT2D eigenvalue weighted by molar-refractivity contribution is 0.0949. The summed E-state index contributed by atoms with van der Waals surface area (Å²) in [5.74, 6) is 0.0527. The molecule has 3 nitrogen and oxygen atoms in total. The number of halogens is 2. The van der Waals surface area contributed by atoms with Gasteiger partial charge in [-0.1, -0.05) is 0 Å². The Morgan fingerprint density at radius 2 is 2.22 bits per heavy atom. The quantitative estimate of drug-likeness (QED) is 0.881. The van der Waals surface area contributed by atoms with Crippen LogP contribution in [-0.2, 0) is 0 Å². The highest BCUT2D eigenvalue weighted by Gasteiger charge is 2.28. The molecule has 3 N–H and O–H groups in total. The first-order valence-corrected chi connectivity index (χ1v) is 5.88. The molecule has 1 aliphatic rings. The normalized spacial score (nSPS) is 15.7. The minimum absolute atomic E-state index is 0. The van der Waals surface area contributed by atoms with Crippen LogP contribution in [0, 0.1) is 18.7 Å². The average Bonchev–Trinajstić information content (AvgIpc) is 3.09. The highest BCUT2D eigenvalue weighted by Crippen LogP contribution is 2.31. The summed E-state index contributed by atoms with van der Waals surface area (Å²) in [6.45, 7) is 2.21. The molecule has 100 valence electrons. The van der Waals surface area contributed by atoms with Crippen molar-refractivity contribution < 1.29 is 9.18 Å². The molecule has 1 aromatic carbocycles. The number of benzene rings is 1. The zero-order valence-electron chi connectivity index (χ0n) is 10.3. The first kappa shape index (κ1) is 14.9. The smallest absolute Gasteiger partial charge is 0.251 e. The van der Waals surface area contributed by atoms with Gasteiger partial charge in [-0.05, 0) is 49.4 Å². The van der Waals surface area contributed by atoms with E-state index in [1.807, 2.05) is 0 Å². The third-order valence-corrected chi connectivity index (χ3v) is 3.16. The van der Waals surface area contributed by atoms with Crippen LogP contribution in [0.5, 0.6) is 0 Å². The summed E-state index contributed by atoms with van der Waals surface area (Å²) in [4.78, 5) is 11.8. The molecule has 1 aliphatic carbocycles. The monoisotopic (exact) mass is 272 g/mol. The molecule has 1 saturated carbocycles.